The summed E-state index contributed by atoms with van der Waals surface area (Å²) in [6.45, 7) is 3.37. The zero-order valence-corrected chi connectivity index (χ0v) is 15.8. The number of hydrogen-bond acceptors (Lipinski definition) is 3. The molecule has 2 aromatic rings. The molecule has 0 saturated heterocycles. The normalized spacial score (nSPS) is 19.0. The van der Waals surface area contributed by atoms with Crippen LogP contribution in [0.25, 0.3) is 6.08 Å². The van der Waals surface area contributed by atoms with Crippen LogP contribution < -0.4 is 5.32 Å². The Labute approximate surface area is 152 Å². The molecular weight excluding hydrogens is 357 g/mol. The molecular formula is C18H20FN3O3S. The maximum Gasteiger partial charge on any atom is 0.272 e. The monoisotopic (exact) mass is 377 g/mol. The standard InChI is InChI=1S/C18H20FN3O3S/c1-11-9-13(6-8-15(11)19)20-18(23)17-14-7-5-12(2)22(4)26(24,25)16(14)10-21(17)3/h5-10,12H,1-4H3,(H,20,23). The quantitative estimate of drug-likeness (QED) is 0.875. The van der Waals surface area contributed by atoms with Gasteiger partial charge in [0.1, 0.15) is 16.4 Å². The van der Waals surface area contributed by atoms with Gasteiger partial charge in [0.25, 0.3) is 5.91 Å². The van der Waals surface area contributed by atoms with Gasteiger partial charge in [0, 0.05) is 37.6 Å². The summed E-state index contributed by atoms with van der Waals surface area (Å²) >= 11 is 0. The predicted octanol–water partition coefficient (Wildman–Crippen LogP) is 2.76. The molecule has 1 aliphatic rings. The number of carbonyl (C=O) groups is 1. The van der Waals surface area contributed by atoms with Crippen molar-refractivity contribution in [3.63, 3.8) is 0 Å². The first-order valence-electron chi connectivity index (χ1n) is 8.06. The van der Waals surface area contributed by atoms with E-state index < -0.39 is 15.9 Å². The number of fused-ring (bicyclic) bond motifs is 1. The number of hydrogen-bond donors (Lipinski definition) is 1. The molecule has 1 aromatic heterocycles. The van der Waals surface area contributed by atoms with E-state index in [4.69, 9.17) is 0 Å². The van der Waals surface area contributed by atoms with E-state index >= 15 is 0 Å². The molecule has 26 heavy (non-hydrogen) atoms. The Kier molecular flexibility index (Phi) is 4.49. The fraction of sp³-hybridized carbons (Fsp3) is 0.278. The first kappa shape index (κ1) is 18.3. The molecule has 2 heterocycles. The van der Waals surface area contributed by atoms with Gasteiger partial charge < -0.3 is 9.88 Å². The molecule has 1 aliphatic heterocycles. The van der Waals surface area contributed by atoms with Crippen molar-refractivity contribution >= 4 is 27.7 Å². The summed E-state index contributed by atoms with van der Waals surface area (Å²) in [7, 11) is -0.582. The van der Waals surface area contributed by atoms with Crippen molar-refractivity contribution in [1.29, 1.82) is 0 Å². The van der Waals surface area contributed by atoms with Crippen LogP contribution in [0.3, 0.4) is 0 Å². The van der Waals surface area contributed by atoms with Crippen LogP contribution in [-0.2, 0) is 17.1 Å². The molecule has 0 fully saturated rings. The van der Waals surface area contributed by atoms with E-state index in [9.17, 15) is 17.6 Å². The zero-order chi connectivity index (χ0) is 19.2. The maximum atomic E-state index is 13.4. The summed E-state index contributed by atoms with van der Waals surface area (Å²) in [5.41, 5.74) is 1.42. The molecule has 6 nitrogen and oxygen atoms in total. The molecule has 0 saturated carbocycles. The lowest BCUT2D eigenvalue weighted by Crippen LogP contribution is -2.32. The van der Waals surface area contributed by atoms with E-state index in [1.165, 1.54) is 40.3 Å². The maximum absolute atomic E-state index is 13.4. The Morgan fingerprint density at radius 3 is 2.62 bits per heavy atom. The number of aromatic nitrogens is 1. The van der Waals surface area contributed by atoms with Gasteiger partial charge in [-0.05, 0) is 37.6 Å². The Morgan fingerprint density at radius 1 is 1.27 bits per heavy atom. The summed E-state index contributed by atoms with van der Waals surface area (Å²) in [5.74, 6) is -0.821. The second-order valence-corrected chi connectivity index (χ2v) is 8.37. The van der Waals surface area contributed by atoms with Crippen molar-refractivity contribution < 1.29 is 17.6 Å². The number of rotatable bonds is 2. The van der Waals surface area contributed by atoms with Gasteiger partial charge in [-0.2, -0.15) is 4.31 Å². The molecule has 1 unspecified atom stereocenters. The lowest BCUT2D eigenvalue weighted by atomic mass is 10.1. The minimum Gasteiger partial charge on any atom is -0.345 e. The zero-order valence-electron chi connectivity index (χ0n) is 14.9. The number of likely N-dealkylation sites (N-methyl/N-ethyl adjacent to an activating group) is 1. The summed E-state index contributed by atoms with van der Waals surface area (Å²) in [5, 5.41) is 2.70. The minimum atomic E-state index is -3.71. The largest absolute Gasteiger partial charge is 0.345 e. The van der Waals surface area contributed by atoms with E-state index in [-0.39, 0.29) is 22.4 Å². The van der Waals surface area contributed by atoms with Gasteiger partial charge in [0.05, 0.1) is 0 Å². The van der Waals surface area contributed by atoms with Gasteiger partial charge in [-0.15, -0.1) is 0 Å². The number of sulfonamides is 1. The van der Waals surface area contributed by atoms with Crippen molar-refractivity contribution in [3.05, 3.63) is 53.1 Å². The fourth-order valence-electron chi connectivity index (χ4n) is 2.91. The molecule has 0 aliphatic carbocycles. The molecule has 1 aromatic carbocycles. The van der Waals surface area contributed by atoms with Crippen LogP contribution in [0.2, 0.25) is 0 Å². The van der Waals surface area contributed by atoms with E-state index in [0.29, 0.717) is 16.8 Å². The van der Waals surface area contributed by atoms with Crippen LogP contribution in [0.1, 0.15) is 28.5 Å². The number of carbonyl (C=O) groups excluding carboxylic acids is 1. The highest BCUT2D eigenvalue weighted by atomic mass is 32.2. The number of halogens is 1. The molecule has 1 amide bonds. The smallest absolute Gasteiger partial charge is 0.272 e. The number of amides is 1. The number of nitrogens with one attached hydrogen (secondary N) is 1. The van der Waals surface area contributed by atoms with Crippen LogP contribution >= 0.6 is 0 Å². The van der Waals surface area contributed by atoms with Gasteiger partial charge in [0.15, 0.2) is 0 Å². The van der Waals surface area contributed by atoms with Crippen molar-refractivity contribution in [2.45, 2.75) is 24.8 Å². The van der Waals surface area contributed by atoms with Crippen LogP contribution in [0.4, 0.5) is 10.1 Å². The van der Waals surface area contributed by atoms with Gasteiger partial charge in [-0.3, -0.25) is 4.79 Å². The van der Waals surface area contributed by atoms with Crippen molar-refractivity contribution in [3.8, 4) is 0 Å². The third-order valence-electron chi connectivity index (χ3n) is 4.59. The first-order valence-corrected chi connectivity index (χ1v) is 9.50. The summed E-state index contributed by atoms with van der Waals surface area (Å²) in [6.07, 6.45) is 4.84. The van der Waals surface area contributed by atoms with Gasteiger partial charge >= 0.3 is 0 Å². The Morgan fingerprint density at radius 2 is 1.96 bits per heavy atom. The molecule has 1 N–H and O–H groups in total. The molecule has 0 spiro atoms. The van der Waals surface area contributed by atoms with Gasteiger partial charge in [-0.25, -0.2) is 12.8 Å². The van der Waals surface area contributed by atoms with E-state index in [1.807, 2.05) is 0 Å². The van der Waals surface area contributed by atoms with E-state index in [0.717, 1.165) is 0 Å². The average Bonchev–Trinajstić information content (AvgIpc) is 2.89. The molecule has 1 atom stereocenters. The van der Waals surface area contributed by atoms with Crippen molar-refractivity contribution in [2.24, 2.45) is 7.05 Å². The van der Waals surface area contributed by atoms with Crippen LogP contribution in [-0.4, -0.2) is 36.3 Å². The number of nitrogens with zero attached hydrogens (tertiary/aromatic N) is 2. The van der Waals surface area contributed by atoms with Gasteiger partial charge in [0.2, 0.25) is 10.0 Å². The minimum absolute atomic E-state index is 0.0866. The fourth-order valence-corrected chi connectivity index (χ4v) is 4.46. The lowest BCUT2D eigenvalue weighted by molar-refractivity contribution is 0.101. The second-order valence-electron chi connectivity index (χ2n) is 6.41. The molecule has 8 heteroatoms. The SMILES string of the molecule is Cc1cc(NC(=O)c2c3c(cn2C)S(=O)(=O)N(C)C(C)C=C3)ccc1F. The predicted molar refractivity (Wildman–Crippen MR) is 97.9 cm³/mol. The highest BCUT2D eigenvalue weighted by Gasteiger charge is 2.33. The van der Waals surface area contributed by atoms with Crippen LogP contribution in [0, 0.1) is 12.7 Å². The lowest BCUT2D eigenvalue weighted by Gasteiger charge is -2.19. The number of aryl methyl sites for hydroxylation is 2. The van der Waals surface area contributed by atoms with Crippen molar-refractivity contribution in [2.75, 3.05) is 12.4 Å². The highest BCUT2D eigenvalue weighted by Crippen LogP contribution is 2.30. The van der Waals surface area contributed by atoms with Crippen LogP contribution in [0.15, 0.2) is 35.4 Å². The molecule has 0 bridgehead atoms. The van der Waals surface area contributed by atoms with E-state index in [1.54, 1.807) is 33.0 Å². The summed E-state index contributed by atoms with van der Waals surface area (Å²) < 4.78 is 41.7. The van der Waals surface area contributed by atoms with Crippen molar-refractivity contribution in [1.82, 2.24) is 8.87 Å². The topological polar surface area (TPSA) is 71.4 Å². The summed E-state index contributed by atoms with van der Waals surface area (Å²) in [4.78, 5) is 12.9. The van der Waals surface area contributed by atoms with Gasteiger partial charge in [-0.1, -0.05) is 12.2 Å². The Balaban J connectivity index is 2.06. The second kappa shape index (κ2) is 6.37. The highest BCUT2D eigenvalue weighted by molar-refractivity contribution is 7.89. The Bertz CT molecular complexity index is 1020. The third-order valence-corrected chi connectivity index (χ3v) is 6.56. The molecule has 0 radical (unpaired) electrons. The average molecular weight is 377 g/mol. The van der Waals surface area contributed by atoms with E-state index in [2.05, 4.69) is 5.32 Å². The molecule has 138 valence electrons. The van der Waals surface area contributed by atoms with Crippen LogP contribution in [0.5, 0.6) is 0 Å². The number of anilines is 1. The first-order chi connectivity index (χ1) is 12.1. The number of benzene rings is 1. The third kappa shape index (κ3) is 2.95. The molecule has 3 rings (SSSR count). The Hall–Kier alpha value is -2.45. The summed E-state index contributed by atoms with van der Waals surface area (Å²) in [6, 6.07) is 3.94.